The Morgan fingerprint density at radius 1 is 1.13 bits per heavy atom. The molecule has 1 saturated heterocycles. The number of anilines is 2. The number of para-hydroxylation sites is 1. The lowest BCUT2D eigenvalue weighted by Gasteiger charge is -2.31. The molecule has 0 unspecified atom stereocenters. The molecule has 0 spiro atoms. The van der Waals surface area contributed by atoms with Gasteiger partial charge in [0.15, 0.2) is 11.3 Å². The quantitative estimate of drug-likeness (QED) is 0.384. The Bertz CT molecular complexity index is 1160. The van der Waals surface area contributed by atoms with Gasteiger partial charge in [-0.3, -0.25) is 19.9 Å². The second-order valence-corrected chi connectivity index (χ2v) is 8.30. The molecule has 1 atom stereocenters. The first-order valence-electron chi connectivity index (χ1n) is 9.19. The number of ether oxygens (including phenoxy) is 1. The second kappa shape index (κ2) is 8.28. The molecule has 3 N–H and O–H groups in total. The number of carbonyl (C=O) groups excluding carboxylic acids is 3. The number of rotatable bonds is 6. The predicted molar refractivity (Wildman–Crippen MR) is 113 cm³/mol. The lowest BCUT2D eigenvalue weighted by molar-refractivity contribution is -0.147. The summed E-state index contributed by atoms with van der Waals surface area (Å²) in [6, 6.07) is 13.5. The van der Waals surface area contributed by atoms with Gasteiger partial charge in [0.1, 0.15) is 0 Å². The maximum absolute atomic E-state index is 12.9. The van der Waals surface area contributed by atoms with E-state index >= 15 is 0 Å². The molecule has 1 aliphatic rings. The molecule has 0 aliphatic carbocycles. The SMILES string of the molecule is CCOC(=O)[C@]1(C)/C(=N/Nc2ccc(S(N)(=O)=O)cc2)C(=O)C(=O)N1c1ccccc1. The standard InChI is InChI=1S/C20H20N4O6S/c1-3-30-19(27)20(2)17(16(25)18(26)24(20)14-7-5-4-6-8-14)23-22-13-9-11-15(12-10-13)31(21,28)29/h4-12,22H,3H2,1-2H3,(H2,21,28,29)/b23-17+/t20-/m0/s1. The van der Waals surface area contributed by atoms with E-state index in [2.05, 4.69) is 10.5 Å². The number of ketones is 1. The summed E-state index contributed by atoms with van der Waals surface area (Å²) in [5, 5.41) is 9.09. The number of carbonyl (C=O) groups is 3. The smallest absolute Gasteiger partial charge is 0.338 e. The molecule has 3 rings (SSSR count). The summed E-state index contributed by atoms with van der Waals surface area (Å²) in [7, 11) is -3.87. The van der Waals surface area contributed by atoms with E-state index in [-0.39, 0.29) is 17.2 Å². The summed E-state index contributed by atoms with van der Waals surface area (Å²) in [6.45, 7) is 3.02. The van der Waals surface area contributed by atoms with Gasteiger partial charge in [-0.1, -0.05) is 18.2 Å². The third-order valence-electron chi connectivity index (χ3n) is 4.69. The number of Topliss-reactive ketones (excluding diaryl/α,β-unsaturated/α-hetero) is 1. The highest BCUT2D eigenvalue weighted by atomic mass is 32.2. The zero-order valence-electron chi connectivity index (χ0n) is 16.7. The maximum Gasteiger partial charge on any atom is 0.338 e. The van der Waals surface area contributed by atoms with Crippen molar-refractivity contribution in [2.45, 2.75) is 24.3 Å². The van der Waals surface area contributed by atoms with Crippen molar-refractivity contribution < 1.29 is 27.5 Å². The number of sulfonamides is 1. The van der Waals surface area contributed by atoms with E-state index in [0.717, 1.165) is 4.90 Å². The minimum Gasteiger partial charge on any atom is -0.464 e. The summed E-state index contributed by atoms with van der Waals surface area (Å²) < 4.78 is 27.9. The van der Waals surface area contributed by atoms with E-state index < -0.39 is 33.2 Å². The molecule has 162 valence electrons. The first-order chi connectivity index (χ1) is 14.6. The Morgan fingerprint density at radius 3 is 2.29 bits per heavy atom. The number of hydrazone groups is 1. The summed E-state index contributed by atoms with van der Waals surface area (Å²) in [6.07, 6.45) is 0. The highest BCUT2D eigenvalue weighted by molar-refractivity contribution is 7.89. The van der Waals surface area contributed by atoms with Crippen LogP contribution in [0.3, 0.4) is 0 Å². The van der Waals surface area contributed by atoms with E-state index in [1.165, 1.54) is 31.2 Å². The highest BCUT2D eigenvalue weighted by Gasteiger charge is 2.60. The summed E-state index contributed by atoms with van der Waals surface area (Å²) in [4.78, 5) is 39.3. The van der Waals surface area contributed by atoms with Crippen LogP contribution in [0.15, 0.2) is 64.6 Å². The Kier molecular flexibility index (Phi) is 5.91. The minimum absolute atomic E-state index is 0.0369. The van der Waals surface area contributed by atoms with Gasteiger partial charge in [-0.2, -0.15) is 5.10 Å². The van der Waals surface area contributed by atoms with Gasteiger partial charge < -0.3 is 4.74 Å². The van der Waals surface area contributed by atoms with Crippen LogP contribution in [-0.2, 0) is 29.1 Å². The fraction of sp³-hybridized carbons (Fsp3) is 0.200. The molecule has 2 aromatic rings. The number of nitrogens with two attached hydrogens (primary N) is 1. The van der Waals surface area contributed by atoms with Crippen LogP contribution in [0, 0.1) is 0 Å². The number of esters is 1. The predicted octanol–water partition coefficient (Wildman–Crippen LogP) is 1.04. The highest BCUT2D eigenvalue weighted by Crippen LogP contribution is 2.33. The lowest BCUT2D eigenvalue weighted by atomic mass is 9.95. The van der Waals surface area contributed by atoms with E-state index in [0.29, 0.717) is 11.4 Å². The van der Waals surface area contributed by atoms with Crippen molar-refractivity contribution in [1.82, 2.24) is 0 Å². The van der Waals surface area contributed by atoms with E-state index in [1.807, 2.05) is 0 Å². The van der Waals surface area contributed by atoms with Crippen molar-refractivity contribution >= 4 is 44.8 Å². The fourth-order valence-electron chi connectivity index (χ4n) is 3.14. The average molecular weight is 444 g/mol. The number of hydrogen-bond acceptors (Lipinski definition) is 8. The van der Waals surface area contributed by atoms with Crippen molar-refractivity contribution in [3.8, 4) is 0 Å². The van der Waals surface area contributed by atoms with Gasteiger partial charge in [-0.05, 0) is 50.2 Å². The van der Waals surface area contributed by atoms with Crippen molar-refractivity contribution in [1.29, 1.82) is 0 Å². The van der Waals surface area contributed by atoms with Gasteiger partial charge in [-0.25, -0.2) is 18.4 Å². The van der Waals surface area contributed by atoms with Gasteiger partial charge in [-0.15, -0.1) is 0 Å². The van der Waals surface area contributed by atoms with Gasteiger partial charge in [0.05, 0.1) is 17.2 Å². The number of hydrogen-bond donors (Lipinski definition) is 2. The summed E-state index contributed by atoms with van der Waals surface area (Å²) in [5.74, 6) is -2.71. The zero-order valence-corrected chi connectivity index (χ0v) is 17.5. The Hall–Kier alpha value is -3.57. The van der Waals surface area contributed by atoms with Crippen LogP contribution in [0.1, 0.15) is 13.8 Å². The van der Waals surface area contributed by atoms with E-state index in [9.17, 15) is 22.8 Å². The average Bonchev–Trinajstić information content (AvgIpc) is 2.93. The second-order valence-electron chi connectivity index (χ2n) is 6.74. The fourth-order valence-corrected chi connectivity index (χ4v) is 3.66. The van der Waals surface area contributed by atoms with Crippen LogP contribution in [0.25, 0.3) is 0 Å². The van der Waals surface area contributed by atoms with Crippen molar-refractivity contribution in [3.63, 3.8) is 0 Å². The van der Waals surface area contributed by atoms with Crippen molar-refractivity contribution in [3.05, 3.63) is 54.6 Å². The van der Waals surface area contributed by atoms with Gasteiger partial charge in [0.2, 0.25) is 10.0 Å². The molecular weight excluding hydrogens is 424 g/mol. The summed E-state index contributed by atoms with van der Waals surface area (Å²) >= 11 is 0. The number of primary sulfonamides is 1. The van der Waals surface area contributed by atoms with Crippen LogP contribution in [0.5, 0.6) is 0 Å². The van der Waals surface area contributed by atoms with Crippen LogP contribution in [-0.4, -0.2) is 43.9 Å². The van der Waals surface area contributed by atoms with Gasteiger partial charge in [0, 0.05) is 5.69 Å². The molecule has 1 aliphatic heterocycles. The monoisotopic (exact) mass is 444 g/mol. The third-order valence-corrected chi connectivity index (χ3v) is 5.62. The molecule has 11 heteroatoms. The maximum atomic E-state index is 12.9. The number of amides is 1. The van der Waals surface area contributed by atoms with Crippen molar-refractivity contribution in [2.75, 3.05) is 16.9 Å². The molecule has 0 saturated carbocycles. The van der Waals surface area contributed by atoms with Crippen LogP contribution < -0.4 is 15.5 Å². The topological polar surface area (TPSA) is 148 Å². The van der Waals surface area contributed by atoms with Crippen molar-refractivity contribution in [2.24, 2.45) is 10.2 Å². The van der Waals surface area contributed by atoms with Crippen LogP contribution in [0.2, 0.25) is 0 Å². The molecule has 0 aromatic heterocycles. The van der Waals surface area contributed by atoms with Gasteiger partial charge >= 0.3 is 11.9 Å². The Balaban J connectivity index is 2.03. The molecular formula is C20H20N4O6S. The van der Waals surface area contributed by atoms with Crippen LogP contribution >= 0.6 is 0 Å². The molecule has 1 fully saturated rings. The number of benzene rings is 2. The number of nitrogens with zero attached hydrogens (tertiary/aromatic N) is 2. The molecule has 1 amide bonds. The number of nitrogens with one attached hydrogen (secondary N) is 1. The normalized spacial score (nSPS) is 20.2. The van der Waals surface area contributed by atoms with E-state index in [4.69, 9.17) is 9.88 Å². The first kappa shape index (κ1) is 22.1. The molecule has 1 heterocycles. The Labute approximate surface area is 178 Å². The Morgan fingerprint density at radius 2 is 1.74 bits per heavy atom. The largest absolute Gasteiger partial charge is 0.464 e. The van der Waals surface area contributed by atoms with Crippen LogP contribution in [0.4, 0.5) is 11.4 Å². The first-order valence-corrected chi connectivity index (χ1v) is 10.7. The van der Waals surface area contributed by atoms with Gasteiger partial charge in [0.25, 0.3) is 5.78 Å². The van der Waals surface area contributed by atoms with E-state index in [1.54, 1.807) is 37.3 Å². The summed E-state index contributed by atoms with van der Waals surface area (Å²) in [5.41, 5.74) is 1.07. The molecule has 2 aromatic carbocycles. The minimum atomic E-state index is -3.87. The molecule has 0 radical (unpaired) electrons. The third kappa shape index (κ3) is 4.05. The molecule has 10 nitrogen and oxygen atoms in total. The molecule has 0 bridgehead atoms. The lowest BCUT2D eigenvalue weighted by Crippen LogP contribution is -2.55. The molecule has 31 heavy (non-hydrogen) atoms. The zero-order chi connectivity index (χ0) is 22.8.